The van der Waals surface area contributed by atoms with Gasteiger partial charge < -0.3 is 5.11 Å². The first-order valence-electron chi connectivity index (χ1n) is 4.05. The Labute approximate surface area is 89.7 Å². The summed E-state index contributed by atoms with van der Waals surface area (Å²) in [7, 11) is 0. The molecule has 1 rings (SSSR count). The van der Waals surface area contributed by atoms with Crippen LogP contribution in [0, 0.1) is 6.92 Å². The number of hydrogen-bond acceptors (Lipinski definition) is 2. The summed E-state index contributed by atoms with van der Waals surface area (Å²) in [5.41, 5.74) is -0.595. The van der Waals surface area contributed by atoms with Gasteiger partial charge in [0.1, 0.15) is 5.69 Å². The molecule has 6 heteroatoms. The van der Waals surface area contributed by atoms with Crippen molar-refractivity contribution in [3.8, 4) is 0 Å². The molecule has 0 saturated heterocycles. The van der Waals surface area contributed by atoms with Gasteiger partial charge in [0.15, 0.2) is 0 Å². The first-order valence-corrected chi connectivity index (χ1v) is 4.58. The van der Waals surface area contributed by atoms with Crippen molar-refractivity contribution in [2.45, 2.75) is 19.2 Å². The van der Waals surface area contributed by atoms with Gasteiger partial charge in [0.25, 0.3) is 6.43 Å². The van der Waals surface area contributed by atoms with E-state index in [0.29, 0.717) is 0 Å². The second-order valence-corrected chi connectivity index (χ2v) is 3.18. The lowest BCUT2D eigenvalue weighted by atomic mass is 10.1. The number of alkyl halides is 3. The van der Waals surface area contributed by atoms with Crippen LogP contribution in [-0.2, 0) is 5.88 Å². The largest absolute Gasteiger partial charge is 0.478 e. The Bertz CT molecular complexity index is 396. The van der Waals surface area contributed by atoms with E-state index in [1.807, 2.05) is 0 Å². The number of pyridine rings is 1. The lowest BCUT2D eigenvalue weighted by Gasteiger charge is -2.08. The van der Waals surface area contributed by atoms with Crippen molar-refractivity contribution < 1.29 is 18.7 Å². The predicted octanol–water partition coefficient (Wildman–Crippen LogP) is 2.76. The standard InChI is InChI=1S/C9H8ClF2NO2/c1-4-6(9(14)15)2-5(3-10)13-7(4)8(11)12/h2,8H,3H2,1H3,(H,14,15). The molecule has 0 aliphatic rings. The van der Waals surface area contributed by atoms with Crippen LogP contribution in [-0.4, -0.2) is 16.1 Å². The van der Waals surface area contributed by atoms with Crippen LogP contribution >= 0.6 is 11.6 Å². The molecule has 1 heterocycles. The van der Waals surface area contributed by atoms with Crippen LogP contribution in [0.15, 0.2) is 6.07 Å². The van der Waals surface area contributed by atoms with E-state index in [1.165, 1.54) is 13.0 Å². The third-order valence-electron chi connectivity index (χ3n) is 1.94. The smallest absolute Gasteiger partial charge is 0.336 e. The SMILES string of the molecule is Cc1c(C(=O)O)cc(CCl)nc1C(F)F. The van der Waals surface area contributed by atoms with Crippen molar-refractivity contribution in [3.63, 3.8) is 0 Å². The van der Waals surface area contributed by atoms with Gasteiger partial charge in [-0.05, 0) is 18.6 Å². The fraction of sp³-hybridized carbons (Fsp3) is 0.333. The average molecular weight is 236 g/mol. The van der Waals surface area contributed by atoms with E-state index in [2.05, 4.69) is 4.98 Å². The molecule has 0 aliphatic heterocycles. The monoisotopic (exact) mass is 235 g/mol. The van der Waals surface area contributed by atoms with Crippen LogP contribution < -0.4 is 0 Å². The molecule has 0 saturated carbocycles. The Morgan fingerprint density at radius 3 is 2.67 bits per heavy atom. The summed E-state index contributed by atoms with van der Waals surface area (Å²) in [6, 6.07) is 1.20. The maximum atomic E-state index is 12.5. The zero-order valence-electron chi connectivity index (χ0n) is 7.80. The van der Waals surface area contributed by atoms with E-state index in [-0.39, 0.29) is 22.7 Å². The van der Waals surface area contributed by atoms with Gasteiger partial charge in [-0.25, -0.2) is 13.6 Å². The third-order valence-corrected chi connectivity index (χ3v) is 2.21. The number of carbonyl (C=O) groups is 1. The number of rotatable bonds is 3. The second-order valence-electron chi connectivity index (χ2n) is 2.91. The van der Waals surface area contributed by atoms with Gasteiger partial charge in [0, 0.05) is 0 Å². The minimum absolute atomic E-state index is 0.0219. The molecule has 0 aromatic carbocycles. The summed E-state index contributed by atoms with van der Waals surface area (Å²) >= 11 is 5.43. The number of hydrogen-bond donors (Lipinski definition) is 1. The molecule has 1 aromatic rings. The molecule has 0 spiro atoms. The third kappa shape index (κ3) is 2.41. The van der Waals surface area contributed by atoms with Crippen molar-refractivity contribution in [2.24, 2.45) is 0 Å². The summed E-state index contributed by atoms with van der Waals surface area (Å²) in [4.78, 5) is 14.3. The summed E-state index contributed by atoms with van der Waals surface area (Å²) in [6.07, 6.45) is -2.80. The van der Waals surface area contributed by atoms with Gasteiger partial charge in [-0.3, -0.25) is 4.98 Å². The van der Waals surface area contributed by atoms with E-state index >= 15 is 0 Å². The minimum atomic E-state index is -2.80. The molecule has 0 fully saturated rings. The summed E-state index contributed by atoms with van der Waals surface area (Å²) < 4.78 is 25.0. The Hall–Kier alpha value is -1.23. The van der Waals surface area contributed by atoms with Crippen LogP contribution in [0.5, 0.6) is 0 Å². The van der Waals surface area contributed by atoms with Gasteiger partial charge in [-0.1, -0.05) is 0 Å². The van der Waals surface area contributed by atoms with Crippen molar-refractivity contribution in [3.05, 3.63) is 28.6 Å². The molecule has 0 amide bonds. The van der Waals surface area contributed by atoms with Crippen LogP contribution in [0.4, 0.5) is 8.78 Å². The van der Waals surface area contributed by atoms with Gasteiger partial charge in [0.05, 0.1) is 17.1 Å². The Morgan fingerprint density at radius 2 is 2.27 bits per heavy atom. The maximum Gasteiger partial charge on any atom is 0.336 e. The molecule has 1 aromatic heterocycles. The summed E-state index contributed by atoms with van der Waals surface area (Å²) in [5, 5.41) is 8.78. The molecule has 3 nitrogen and oxygen atoms in total. The maximum absolute atomic E-state index is 12.5. The number of carboxylic acids is 1. The zero-order chi connectivity index (χ0) is 11.6. The molecule has 0 unspecified atom stereocenters. The highest BCUT2D eigenvalue weighted by molar-refractivity contribution is 6.17. The highest BCUT2D eigenvalue weighted by Gasteiger charge is 2.19. The van der Waals surface area contributed by atoms with Gasteiger partial charge in [-0.15, -0.1) is 11.6 Å². The molecular weight excluding hydrogens is 228 g/mol. The molecule has 1 N–H and O–H groups in total. The van der Waals surface area contributed by atoms with E-state index in [4.69, 9.17) is 16.7 Å². The zero-order valence-corrected chi connectivity index (χ0v) is 8.55. The van der Waals surface area contributed by atoms with Crippen molar-refractivity contribution >= 4 is 17.6 Å². The first kappa shape index (κ1) is 11.8. The number of nitrogens with zero attached hydrogens (tertiary/aromatic N) is 1. The molecule has 0 atom stereocenters. The average Bonchev–Trinajstić information content (AvgIpc) is 2.17. The Morgan fingerprint density at radius 1 is 1.67 bits per heavy atom. The minimum Gasteiger partial charge on any atom is -0.478 e. The van der Waals surface area contributed by atoms with Gasteiger partial charge in [0.2, 0.25) is 0 Å². The van der Waals surface area contributed by atoms with E-state index in [1.54, 1.807) is 0 Å². The molecule has 15 heavy (non-hydrogen) atoms. The molecule has 82 valence electrons. The topological polar surface area (TPSA) is 50.2 Å². The summed E-state index contributed by atoms with van der Waals surface area (Å²) in [5.74, 6) is -1.36. The highest BCUT2D eigenvalue weighted by atomic mass is 35.5. The quantitative estimate of drug-likeness (QED) is 0.820. The lowest BCUT2D eigenvalue weighted by Crippen LogP contribution is -2.07. The number of aromatic nitrogens is 1. The van der Waals surface area contributed by atoms with E-state index < -0.39 is 18.1 Å². The first-order chi connectivity index (χ1) is 6.97. The van der Waals surface area contributed by atoms with Crippen molar-refractivity contribution in [2.75, 3.05) is 0 Å². The highest BCUT2D eigenvalue weighted by Crippen LogP contribution is 2.24. The van der Waals surface area contributed by atoms with E-state index in [9.17, 15) is 13.6 Å². The van der Waals surface area contributed by atoms with Crippen LogP contribution in [0.1, 0.15) is 33.7 Å². The van der Waals surface area contributed by atoms with Crippen molar-refractivity contribution in [1.29, 1.82) is 0 Å². The van der Waals surface area contributed by atoms with Gasteiger partial charge in [-0.2, -0.15) is 0 Å². The van der Waals surface area contributed by atoms with Crippen LogP contribution in [0.25, 0.3) is 0 Å². The predicted molar refractivity (Wildman–Crippen MR) is 50.4 cm³/mol. The molecular formula is C9H8ClF2NO2. The molecule has 0 bridgehead atoms. The normalized spacial score (nSPS) is 10.7. The summed E-state index contributed by atoms with van der Waals surface area (Å²) in [6.45, 7) is 1.30. The van der Waals surface area contributed by atoms with Crippen molar-refractivity contribution in [1.82, 2.24) is 4.98 Å². The number of halogens is 3. The fourth-order valence-electron chi connectivity index (χ4n) is 1.19. The lowest BCUT2D eigenvalue weighted by molar-refractivity contribution is 0.0695. The second kappa shape index (κ2) is 4.53. The number of aromatic carboxylic acids is 1. The van der Waals surface area contributed by atoms with E-state index in [0.717, 1.165) is 0 Å². The molecule has 0 radical (unpaired) electrons. The Balaban J connectivity index is 3.40. The van der Waals surface area contributed by atoms with Crippen LogP contribution in [0.2, 0.25) is 0 Å². The Kier molecular flexibility index (Phi) is 3.57. The molecule has 0 aliphatic carbocycles. The number of carboxylic acid groups (broad SMARTS) is 1. The van der Waals surface area contributed by atoms with Gasteiger partial charge >= 0.3 is 5.97 Å². The fourth-order valence-corrected chi connectivity index (χ4v) is 1.32. The van der Waals surface area contributed by atoms with Crippen LogP contribution in [0.3, 0.4) is 0 Å².